The minimum Gasteiger partial charge on any atom is -0.296 e. The summed E-state index contributed by atoms with van der Waals surface area (Å²) in [5.74, 6) is 2.31. The second-order valence-corrected chi connectivity index (χ2v) is 14.9. The van der Waals surface area contributed by atoms with Crippen molar-refractivity contribution >= 4 is 94.5 Å². The van der Waals surface area contributed by atoms with Gasteiger partial charge in [0.15, 0.2) is 0 Å². The lowest BCUT2D eigenvalue weighted by molar-refractivity contribution is 1.02. The Morgan fingerprint density at radius 1 is 0.286 bits per heavy atom. The molecule has 12 rings (SSSR count). The highest BCUT2D eigenvalue weighted by atomic mass is 15.3. The van der Waals surface area contributed by atoms with Crippen LogP contribution in [0, 0.1) is 0 Å². The molecule has 4 heteroatoms. The Morgan fingerprint density at radius 3 is 1.11 bits per heavy atom. The fourth-order valence-corrected chi connectivity index (χ4v) is 9.69. The van der Waals surface area contributed by atoms with Crippen molar-refractivity contribution in [1.82, 2.24) is 9.13 Å². The Kier molecular flexibility index (Phi) is 6.72. The van der Waals surface area contributed by atoms with E-state index in [1.54, 1.807) is 0 Å². The van der Waals surface area contributed by atoms with E-state index in [4.69, 9.17) is 0 Å². The molecule has 1 aliphatic rings. The molecule has 0 saturated heterocycles. The smallest absolute Gasteiger partial charge is 0.252 e. The van der Waals surface area contributed by atoms with Crippen LogP contribution in [-0.2, 0) is 0 Å². The van der Waals surface area contributed by atoms with E-state index in [9.17, 15) is 0 Å². The first-order valence-electron chi connectivity index (χ1n) is 19.4. The summed E-state index contributed by atoms with van der Waals surface area (Å²) < 4.78 is 4.98. The molecule has 0 N–H and O–H groups in total. The summed E-state index contributed by atoms with van der Waals surface area (Å²) in [7, 11) is 0. The highest BCUT2D eigenvalue weighted by Gasteiger charge is 2.44. The van der Waals surface area contributed by atoms with Crippen LogP contribution in [0.15, 0.2) is 206 Å². The fourth-order valence-electron chi connectivity index (χ4n) is 9.69. The lowest BCUT2D eigenvalue weighted by atomic mass is 9.35. The SMILES string of the molecule is c1ccc(N2c3c(c4ccccc4n3-c3ccccc3)B(c3ccc4c5ccccc5c5ccccc5c4c3)c3c2n(-c2ccccc2)c2ccccc32)cc1. The topological polar surface area (TPSA) is 13.1 Å². The van der Waals surface area contributed by atoms with Gasteiger partial charge in [-0.25, -0.2) is 0 Å². The minimum atomic E-state index is -0.0840. The van der Waals surface area contributed by atoms with Gasteiger partial charge in [0.25, 0.3) is 6.71 Å². The summed E-state index contributed by atoms with van der Waals surface area (Å²) in [6, 6.07) is 75.7. The van der Waals surface area contributed by atoms with Crippen molar-refractivity contribution in [2.45, 2.75) is 0 Å². The molecule has 0 fully saturated rings. The third-order valence-electron chi connectivity index (χ3n) is 11.9. The van der Waals surface area contributed by atoms with Gasteiger partial charge in [0, 0.05) is 17.1 Å². The average molecular weight is 712 g/mol. The lowest BCUT2D eigenvalue weighted by Crippen LogP contribution is -2.57. The second kappa shape index (κ2) is 12.1. The number of aromatic nitrogens is 2. The monoisotopic (exact) mass is 711 g/mol. The van der Waals surface area contributed by atoms with Crippen LogP contribution in [0.1, 0.15) is 0 Å². The predicted octanol–water partition coefficient (Wildman–Crippen LogP) is 11.3. The van der Waals surface area contributed by atoms with E-state index >= 15 is 0 Å². The molecule has 0 aliphatic carbocycles. The molecule has 0 atom stereocenters. The quantitative estimate of drug-likeness (QED) is 0.131. The molecule has 0 spiro atoms. The largest absolute Gasteiger partial charge is 0.296 e. The summed E-state index contributed by atoms with van der Waals surface area (Å²) in [5.41, 5.74) is 9.64. The van der Waals surface area contributed by atoms with Gasteiger partial charge < -0.3 is 0 Å². The van der Waals surface area contributed by atoms with E-state index in [0.717, 1.165) is 28.7 Å². The number of nitrogens with zero attached hydrogens (tertiary/aromatic N) is 3. The van der Waals surface area contributed by atoms with Crippen LogP contribution in [0.4, 0.5) is 17.3 Å². The summed E-state index contributed by atoms with van der Waals surface area (Å²) in [6.07, 6.45) is 0. The maximum absolute atomic E-state index is 2.53. The molecule has 9 aromatic carbocycles. The van der Waals surface area contributed by atoms with Crippen LogP contribution in [-0.4, -0.2) is 15.8 Å². The van der Waals surface area contributed by atoms with Gasteiger partial charge in [0.1, 0.15) is 11.6 Å². The predicted molar refractivity (Wildman–Crippen MR) is 238 cm³/mol. The lowest BCUT2D eigenvalue weighted by Gasteiger charge is -2.36. The van der Waals surface area contributed by atoms with Crippen LogP contribution in [0.5, 0.6) is 0 Å². The molecule has 0 saturated carbocycles. The molecule has 260 valence electrons. The van der Waals surface area contributed by atoms with Gasteiger partial charge in [-0.2, -0.15) is 0 Å². The van der Waals surface area contributed by atoms with E-state index in [1.165, 1.54) is 70.5 Å². The highest BCUT2D eigenvalue weighted by Crippen LogP contribution is 2.45. The maximum Gasteiger partial charge on any atom is 0.252 e. The number of hydrogen-bond donors (Lipinski definition) is 0. The minimum absolute atomic E-state index is 0.0840. The fraction of sp³-hybridized carbons (Fsp3) is 0. The molecule has 0 radical (unpaired) electrons. The summed E-state index contributed by atoms with van der Waals surface area (Å²) in [4.78, 5) is 2.53. The Hall–Kier alpha value is -7.30. The van der Waals surface area contributed by atoms with Gasteiger partial charge in [-0.05, 0) is 103 Å². The second-order valence-electron chi connectivity index (χ2n) is 14.9. The van der Waals surface area contributed by atoms with Crippen LogP contribution < -0.4 is 21.3 Å². The Bertz CT molecular complexity index is 3150. The van der Waals surface area contributed by atoms with Crippen LogP contribution in [0.25, 0.3) is 65.5 Å². The number of fused-ring (bicyclic) bond motifs is 12. The number of rotatable bonds is 4. The van der Waals surface area contributed by atoms with Crippen molar-refractivity contribution in [2.75, 3.05) is 4.90 Å². The number of anilines is 3. The molecule has 0 bridgehead atoms. The molecule has 56 heavy (non-hydrogen) atoms. The summed E-state index contributed by atoms with van der Waals surface area (Å²) >= 11 is 0. The van der Waals surface area contributed by atoms with Crippen LogP contribution in [0.3, 0.4) is 0 Å². The molecule has 3 nitrogen and oxygen atoms in total. The molecule has 1 aliphatic heterocycles. The first-order valence-corrected chi connectivity index (χ1v) is 19.4. The molecular weight excluding hydrogens is 677 g/mol. The zero-order valence-electron chi connectivity index (χ0n) is 30.5. The molecular formula is C52H34BN3. The van der Waals surface area contributed by atoms with Crippen molar-refractivity contribution in [3.8, 4) is 11.4 Å². The number of benzene rings is 9. The third-order valence-corrected chi connectivity index (χ3v) is 11.9. The van der Waals surface area contributed by atoms with E-state index < -0.39 is 0 Å². The normalized spacial score (nSPS) is 12.6. The molecule has 11 aromatic rings. The van der Waals surface area contributed by atoms with E-state index in [-0.39, 0.29) is 6.71 Å². The van der Waals surface area contributed by atoms with Gasteiger partial charge >= 0.3 is 0 Å². The standard InChI is InChI=1S/C52H34BN3/c1-4-18-36(19-5-1)54-47-30-16-14-28-44(47)49-51(54)56(38-22-8-3-9-23-38)52-50(45-29-15-17-31-48(45)55(52)37-20-6-2-7-21-37)53(49)35-32-33-43-41-26-11-10-24-39(41)40-25-12-13-27-42(40)46(43)34-35/h1-34H. The Morgan fingerprint density at radius 2 is 0.643 bits per heavy atom. The van der Waals surface area contributed by atoms with Crippen molar-refractivity contribution in [1.29, 1.82) is 0 Å². The van der Waals surface area contributed by atoms with Gasteiger partial charge in [-0.3, -0.25) is 14.0 Å². The molecule has 0 unspecified atom stereocenters. The van der Waals surface area contributed by atoms with Gasteiger partial charge in [0.2, 0.25) is 0 Å². The van der Waals surface area contributed by atoms with E-state index in [2.05, 4.69) is 220 Å². The molecule has 3 heterocycles. The number of hydrogen-bond acceptors (Lipinski definition) is 1. The van der Waals surface area contributed by atoms with Crippen molar-refractivity contribution in [3.63, 3.8) is 0 Å². The third kappa shape index (κ3) is 4.35. The first kappa shape index (κ1) is 31.1. The van der Waals surface area contributed by atoms with E-state index in [0.29, 0.717) is 0 Å². The molecule has 0 amide bonds. The highest BCUT2D eigenvalue weighted by molar-refractivity contribution is 7.01. The zero-order chi connectivity index (χ0) is 36.7. The van der Waals surface area contributed by atoms with Crippen molar-refractivity contribution in [3.05, 3.63) is 206 Å². The number of para-hydroxylation sites is 5. The summed E-state index contributed by atoms with van der Waals surface area (Å²) in [5, 5.41) is 10.2. The summed E-state index contributed by atoms with van der Waals surface area (Å²) in [6.45, 7) is -0.0840. The van der Waals surface area contributed by atoms with Crippen molar-refractivity contribution in [2.24, 2.45) is 0 Å². The van der Waals surface area contributed by atoms with E-state index in [1.807, 2.05) is 0 Å². The zero-order valence-corrected chi connectivity index (χ0v) is 30.5. The van der Waals surface area contributed by atoms with Crippen LogP contribution >= 0.6 is 0 Å². The van der Waals surface area contributed by atoms with Crippen molar-refractivity contribution < 1.29 is 0 Å². The Balaban J connectivity index is 1.29. The Labute approximate surface area is 325 Å². The van der Waals surface area contributed by atoms with Gasteiger partial charge in [-0.1, -0.05) is 163 Å². The first-order chi connectivity index (χ1) is 27.8. The van der Waals surface area contributed by atoms with Gasteiger partial charge in [0.05, 0.1) is 11.0 Å². The van der Waals surface area contributed by atoms with Crippen LogP contribution in [0.2, 0.25) is 0 Å². The average Bonchev–Trinajstić information content (AvgIpc) is 3.80. The van der Waals surface area contributed by atoms with Gasteiger partial charge in [-0.15, -0.1) is 0 Å². The molecule has 2 aromatic heterocycles. The maximum atomic E-state index is 2.53.